The molecule has 0 bridgehead atoms. The fourth-order valence-electron chi connectivity index (χ4n) is 3.01. The summed E-state index contributed by atoms with van der Waals surface area (Å²) in [6.45, 7) is 2.49. The number of hydrogen-bond acceptors (Lipinski definition) is 5. The third-order valence-electron chi connectivity index (χ3n) is 4.21. The molecular weight excluding hydrogens is 352 g/mol. The molecule has 3 aromatic rings. The average molecular weight is 372 g/mol. The van der Waals surface area contributed by atoms with E-state index in [0.29, 0.717) is 29.1 Å². The predicted molar refractivity (Wildman–Crippen MR) is 102 cm³/mol. The van der Waals surface area contributed by atoms with Gasteiger partial charge in [-0.05, 0) is 12.5 Å². The molecule has 3 rings (SSSR count). The molecular formula is C19H20N2O4S. The number of rotatable bonds is 7. The SMILES string of the molecule is COCCc1nc2sc(C)c(-c3ccccc3)c2c(=O)n1CCC(=O)O. The molecule has 0 saturated heterocycles. The Kier molecular flexibility index (Phi) is 5.49. The third-order valence-corrected chi connectivity index (χ3v) is 5.21. The number of thiophene rings is 1. The van der Waals surface area contributed by atoms with Gasteiger partial charge in [-0.15, -0.1) is 11.3 Å². The number of fused-ring (bicyclic) bond motifs is 1. The van der Waals surface area contributed by atoms with Crippen molar-refractivity contribution in [3.8, 4) is 11.1 Å². The van der Waals surface area contributed by atoms with Gasteiger partial charge in [0, 0.05) is 30.5 Å². The Balaban J connectivity index is 2.23. The van der Waals surface area contributed by atoms with E-state index in [4.69, 9.17) is 9.84 Å². The van der Waals surface area contributed by atoms with Crippen molar-refractivity contribution >= 4 is 27.5 Å². The summed E-state index contributed by atoms with van der Waals surface area (Å²) >= 11 is 1.49. The van der Waals surface area contributed by atoms with Crippen LogP contribution in [-0.2, 0) is 22.5 Å². The Hall–Kier alpha value is -2.51. The van der Waals surface area contributed by atoms with Crippen LogP contribution in [0.25, 0.3) is 21.3 Å². The van der Waals surface area contributed by atoms with Crippen LogP contribution in [0.1, 0.15) is 17.1 Å². The number of benzene rings is 1. The first-order chi connectivity index (χ1) is 12.5. The molecule has 0 radical (unpaired) electrons. The van der Waals surface area contributed by atoms with E-state index in [1.807, 2.05) is 37.3 Å². The van der Waals surface area contributed by atoms with E-state index in [-0.39, 0.29) is 18.5 Å². The summed E-state index contributed by atoms with van der Waals surface area (Å²) in [6, 6.07) is 9.73. The maximum absolute atomic E-state index is 13.2. The minimum absolute atomic E-state index is 0.0965. The highest BCUT2D eigenvalue weighted by molar-refractivity contribution is 7.19. The molecule has 1 N–H and O–H groups in total. The van der Waals surface area contributed by atoms with Crippen LogP contribution in [0.3, 0.4) is 0 Å². The number of methoxy groups -OCH3 is 1. The highest BCUT2D eigenvalue weighted by atomic mass is 32.1. The number of aromatic nitrogens is 2. The molecule has 0 aliphatic carbocycles. The first kappa shape index (κ1) is 18.3. The van der Waals surface area contributed by atoms with E-state index < -0.39 is 5.97 Å². The van der Waals surface area contributed by atoms with Gasteiger partial charge in [0.1, 0.15) is 10.7 Å². The Morgan fingerprint density at radius 1 is 1.31 bits per heavy atom. The van der Waals surface area contributed by atoms with Gasteiger partial charge in [0.15, 0.2) is 0 Å². The van der Waals surface area contributed by atoms with Crippen molar-refractivity contribution in [3.63, 3.8) is 0 Å². The molecule has 0 saturated carbocycles. The molecule has 2 aromatic heterocycles. The smallest absolute Gasteiger partial charge is 0.305 e. The molecule has 0 unspecified atom stereocenters. The van der Waals surface area contributed by atoms with Crippen LogP contribution < -0.4 is 5.56 Å². The Morgan fingerprint density at radius 2 is 2.04 bits per heavy atom. The number of aliphatic carboxylic acids is 1. The topological polar surface area (TPSA) is 81.4 Å². The summed E-state index contributed by atoms with van der Waals surface area (Å²) in [5.74, 6) is -0.383. The molecule has 136 valence electrons. The lowest BCUT2D eigenvalue weighted by Crippen LogP contribution is -2.27. The van der Waals surface area contributed by atoms with E-state index in [1.165, 1.54) is 15.9 Å². The summed E-state index contributed by atoms with van der Waals surface area (Å²) in [4.78, 5) is 30.6. The summed E-state index contributed by atoms with van der Waals surface area (Å²) in [5, 5.41) is 9.58. The van der Waals surface area contributed by atoms with Crippen molar-refractivity contribution in [2.75, 3.05) is 13.7 Å². The van der Waals surface area contributed by atoms with Crippen LogP contribution in [0.4, 0.5) is 0 Å². The molecule has 2 heterocycles. The Morgan fingerprint density at radius 3 is 2.69 bits per heavy atom. The predicted octanol–water partition coefficient (Wildman–Crippen LogP) is 3.10. The normalized spacial score (nSPS) is 11.2. The van der Waals surface area contributed by atoms with Crippen LogP contribution in [-0.4, -0.2) is 34.3 Å². The number of carboxylic acid groups (broad SMARTS) is 1. The van der Waals surface area contributed by atoms with Gasteiger partial charge in [0.2, 0.25) is 0 Å². The number of aryl methyl sites for hydroxylation is 1. The fourth-order valence-corrected chi connectivity index (χ4v) is 4.07. The number of ether oxygens (including phenoxy) is 1. The van der Waals surface area contributed by atoms with Gasteiger partial charge in [-0.3, -0.25) is 14.2 Å². The van der Waals surface area contributed by atoms with Crippen molar-refractivity contribution in [2.45, 2.75) is 26.3 Å². The lowest BCUT2D eigenvalue weighted by molar-refractivity contribution is -0.137. The minimum atomic E-state index is -0.945. The van der Waals surface area contributed by atoms with Crippen LogP contribution in [0, 0.1) is 6.92 Å². The zero-order chi connectivity index (χ0) is 18.7. The quantitative estimate of drug-likeness (QED) is 0.689. The maximum atomic E-state index is 13.2. The second-order valence-corrected chi connectivity index (χ2v) is 7.15. The summed E-state index contributed by atoms with van der Waals surface area (Å²) in [7, 11) is 1.58. The Bertz CT molecular complexity index is 992. The lowest BCUT2D eigenvalue weighted by atomic mass is 10.0. The monoisotopic (exact) mass is 372 g/mol. The lowest BCUT2D eigenvalue weighted by Gasteiger charge is -2.12. The summed E-state index contributed by atoms with van der Waals surface area (Å²) < 4.78 is 6.59. The molecule has 0 spiro atoms. The van der Waals surface area contributed by atoms with E-state index >= 15 is 0 Å². The molecule has 7 heteroatoms. The fraction of sp³-hybridized carbons (Fsp3) is 0.316. The van der Waals surface area contributed by atoms with Crippen molar-refractivity contribution < 1.29 is 14.6 Å². The van der Waals surface area contributed by atoms with Crippen molar-refractivity contribution in [2.24, 2.45) is 0 Å². The van der Waals surface area contributed by atoms with Gasteiger partial charge in [0.25, 0.3) is 5.56 Å². The van der Waals surface area contributed by atoms with Gasteiger partial charge in [-0.25, -0.2) is 4.98 Å². The molecule has 6 nitrogen and oxygen atoms in total. The van der Waals surface area contributed by atoms with Crippen molar-refractivity contribution in [3.05, 3.63) is 51.4 Å². The summed E-state index contributed by atoms with van der Waals surface area (Å²) in [6.07, 6.45) is 0.329. The van der Waals surface area contributed by atoms with E-state index in [2.05, 4.69) is 4.98 Å². The number of carbonyl (C=O) groups is 1. The molecule has 0 aliphatic heterocycles. The molecule has 0 aliphatic rings. The Labute approximate surface area is 154 Å². The number of carboxylic acids is 1. The zero-order valence-electron chi connectivity index (χ0n) is 14.7. The van der Waals surface area contributed by atoms with Crippen LogP contribution in [0.5, 0.6) is 0 Å². The van der Waals surface area contributed by atoms with E-state index in [9.17, 15) is 9.59 Å². The maximum Gasteiger partial charge on any atom is 0.305 e. The molecule has 0 amide bonds. The van der Waals surface area contributed by atoms with Gasteiger partial charge < -0.3 is 9.84 Å². The largest absolute Gasteiger partial charge is 0.481 e. The molecule has 1 aromatic carbocycles. The number of nitrogens with zero attached hydrogens (tertiary/aromatic N) is 2. The van der Waals surface area contributed by atoms with Gasteiger partial charge >= 0.3 is 5.97 Å². The number of hydrogen-bond donors (Lipinski definition) is 1. The van der Waals surface area contributed by atoms with Crippen LogP contribution >= 0.6 is 11.3 Å². The average Bonchev–Trinajstić information content (AvgIpc) is 2.96. The van der Waals surface area contributed by atoms with Crippen molar-refractivity contribution in [1.82, 2.24) is 9.55 Å². The van der Waals surface area contributed by atoms with Gasteiger partial charge in [0.05, 0.1) is 18.4 Å². The first-order valence-corrected chi connectivity index (χ1v) is 9.13. The molecule has 26 heavy (non-hydrogen) atoms. The highest BCUT2D eigenvalue weighted by Gasteiger charge is 2.19. The van der Waals surface area contributed by atoms with Crippen LogP contribution in [0.2, 0.25) is 0 Å². The first-order valence-electron chi connectivity index (χ1n) is 8.32. The van der Waals surface area contributed by atoms with Crippen molar-refractivity contribution in [1.29, 1.82) is 0 Å². The van der Waals surface area contributed by atoms with E-state index in [1.54, 1.807) is 7.11 Å². The third kappa shape index (κ3) is 3.54. The molecule has 0 atom stereocenters. The standard InChI is InChI=1S/C19H20N2O4S/c1-12-16(13-6-4-3-5-7-13)17-18(26-12)20-14(9-11-25-2)21(19(17)24)10-8-15(22)23/h3-7H,8-11H2,1-2H3,(H,22,23). The highest BCUT2D eigenvalue weighted by Crippen LogP contribution is 2.35. The van der Waals surface area contributed by atoms with Gasteiger partial charge in [-0.1, -0.05) is 30.3 Å². The summed E-state index contributed by atoms with van der Waals surface area (Å²) in [5.41, 5.74) is 1.65. The second-order valence-electron chi connectivity index (χ2n) is 5.95. The zero-order valence-corrected chi connectivity index (χ0v) is 15.5. The second kappa shape index (κ2) is 7.80. The molecule has 0 fully saturated rings. The van der Waals surface area contributed by atoms with E-state index in [0.717, 1.165) is 16.0 Å². The van der Waals surface area contributed by atoms with Gasteiger partial charge in [-0.2, -0.15) is 0 Å². The van der Waals surface area contributed by atoms with Crippen LogP contribution in [0.15, 0.2) is 35.1 Å². The minimum Gasteiger partial charge on any atom is -0.481 e.